The van der Waals surface area contributed by atoms with Crippen LogP contribution in [0.2, 0.25) is 0 Å². The molecule has 0 amide bonds. The number of rotatable bonds is 0. The van der Waals surface area contributed by atoms with Crippen LogP contribution in [0.5, 0.6) is 0 Å². The zero-order valence-electron chi connectivity index (χ0n) is 6.30. The fourth-order valence-electron chi connectivity index (χ4n) is 0.815. The number of nitrogens with two attached hydrogens (primary N) is 1. The number of hydrogen-bond donors (Lipinski definition) is 1. The molecule has 1 aliphatic heterocycles. The van der Waals surface area contributed by atoms with E-state index in [-0.39, 0.29) is 0 Å². The van der Waals surface area contributed by atoms with E-state index in [0.717, 1.165) is 19.5 Å². The first-order valence-corrected chi connectivity index (χ1v) is 4.06. The first-order chi connectivity index (χ1) is 4.29. The van der Waals surface area contributed by atoms with E-state index in [0.29, 0.717) is 6.04 Å². The summed E-state index contributed by atoms with van der Waals surface area (Å²) in [5.41, 5.74) is 5.57. The second kappa shape index (κ2) is 5.16. The average molecular weight is 148 g/mol. The molecule has 0 aliphatic carbocycles. The molecule has 1 fully saturated rings. The Balaban J connectivity index is 0.000000291. The number of hydrogen-bond acceptors (Lipinski definition) is 2. The Morgan fingerprint density at radius 1 is 1.56 bits per heavy atom. The Morgan fingerprint density at radius 3 is 2.22 bits per heavy atom. The normalized spacial score (nSPS) is 27.3. The lowest BCUT2D eigenvalue weighted by molar-refractivity contribution is 0.572. The third-order valence-electron chi connectivity index (χ3n) is 1.26. The molecule has 3 heteroatoms. The minimum atomic E-state index is 0.428. The number of nitrogens with zero attached hydrogens (tertiary/aromatic N) is 1. The molecular weight excluding hydrogens is 131 g/mol. The van der Waals surface area contributed by atoms with E-state index in [9.17, 15) is 0 Å². The van der Waals surface area contributed by atoms with Gasteiger partial charge in [0, 0.05) is 19.1 Å². The van der Waals surface area contributed by atoms with E-state index in [1.807, 2.05) is 13.8 Å². The van der Waals surface area contributed by atoms with Crippen LogP contribution < -0.4 is 5.73 Å². The van der Waals surface area contributed by atoms with Gasteiger partial charge in [-0.05, 0) is 6.42 Å². The minimum absolute atomic E-state index is 0.428. The highest BCUT2D eigenvalue weighted by Crippen LogP contribution is 2.09. The summed E-state index contributed by atoms with van der Waals surface area (Å²) in [5, 5.41) is 0. The Kier molecular flexibility index (Phi) is 5.36. The van der Waals surface area contributed by atoms with Crippen molar-refractivity contribution >= 4 is 9.39 Å². The van der Waals surface area contributed by atoms with Gasteiger partial charge in [-0.3, -0.25) is 4.67 Å². The van der Waals surface area contributed by atoms with Gasteiger partial charge in [-0.15, -0.1) is 0 Å². The molecule has 0 radical (unpaired) electrons. The molecule has 56 valence electrons. The molecule has 0 aromatic rings. The second-order valence-electron chi connectivity index (χ2n) is 2.04. The SMILES string of the molecule is CC.NC1CCN(P)C1. The second-order valence-corrected chi connectivity index (χ2v) is 2.77. The maximum absolute atomic E-state index is 5.57. The van der Waals surface area contributed by atoms with Crippen molar-refractivity contribution in [3.8, 4) is 0 Å². The molecule has 0 aromatic carbocycles. The lowest BCUT2D eigenvalue weighted by Crippen LogP contribution is -2.21. The van der Waals surface area contributed by atoms with Gasteiger partial charge in [0.25, 0.3) is 0 Å². The predicted octanol–water partition coefficient (Wildman–Crippen LogP) is 0.836. The summed E-state index contributed by atoms with van der Waals surface area (Å²) in [6.45, 7) is 6.19. The highest BCUT2D eigenvalue weighted by atomic mass is 31.0. The van der Waals surface area contributed by atoms with Gasteiger partial charge in [0.1, 0.15) is 0 Å². The smallest absolute Gasteiger partial charge is 0.0183 e. The molecule has 2 atom stereocenters. The van der Waals surface area contributed by atoms with Gasteiger partial charge in [-0.2, -0.15) is 0 Å². The van der Waals surface area contributed by atoms with Crippen molar-refractivity contribution in [3.05, 3.63) is 0 Å². The molecule has 2 N–H and O–H groups in total. The Labute approximate surface area is 60.0 Å². The zero-order valence-corrected chi connectivity index (χ0v) is 7.46. The quantitative estimate of drug-likeness (QED) is 0.516. The van der Waals surface area contributed by atoms with Crippen molar-refractivity contribution in [2.75, 3.05) is 13.1 Å². The van der Waals surface area contributed by atoms with Crippen molar-refractivity contribution in [2.24, 2.45) is 5.73 Å². The minimum Gasteiger partial charge on any atom is -0.326 e. The van der Waals surface area contributed by atoms with Crippen LogP contribution in [0.4, 0.5) is 0 Å². The Hall–Kier alpha value is 0.350. The van der Waals surface area contributed by atoms with E-state index >= 15 is 0 Å². The van der Waals surface area contributed by atoms with Gasteiger partial charge in [0.2, 0.25) is 0 Å². The van der Waals surface area contributed by atoms with E-state index in [1.165, 1.54) is 0 Å². The molecule has 0 aromatic heterocycles. The largest absolute Gasteiger partial charge is 0.326 e. The van der Waals surface area contributed by atoms with Crippen LogP contribution in [0.1, 0.15) is 20.3 Å². The van der Waals surface area contributed by atoms with Gasteiger partial charge < -0.3 is 5.73 Å². The fraction of sp³-hybridized carbons (Fsp3) is 1.00. The summed E-state index contributed by atoms with van der Waals surface area (Å²) in [6, 6.07) is 0.428. The lowest BCUT2D eigenvalue weighted by atomic mass is 10.3. The molecule has 1 heterocycles. The highest BCUT2D eigenvalue weighted by Gasteiger charge is 2.13. The van der Waals surface area contributed by atoms with Gasteiger partial charge in [-0.1, -0.05) is 23.2 Å². The van der Waals surface area contributed by atoms with Gasteiger partial charge >= 0.3 is 0 Å². The molecule has 2 nitrogen and oxygen atoms in total. The Bertz CT molecular complexity index is 60.1. The first-order valence-electron chi connectivity index (χ1n) is 3.54. The van der Waals surface area contributed by atoms with E-state index in [4.69, 9.17) is 5.73 Å². The zero-order chi connectivity index (χ0) is 7.28. The predicted molar refractivity (Wildman–Crippen MR) is 45.2 cm³/mol. The molecule has 0 saturated carbocycles. The van der Waals surface area contributed by atoms with E-state index < -0.39 is 0 Å². The van der Waals surface area contributed by atoms with Crippen LogP contribution >= 0.6 is 9.39 Å². The summed E-state index contributed by atoms with van der Waals surface area (Å²) < 4.78 is 2.17. The van der Waals surface area contributed by atoms with Gasteiger partial charge in [0.15, 0.2) is 0 Å². The van der Waals surface area contributed by atoms with Crippen LogP contribution in [0.15, 0.2) is 0 Å². The average Bonchev–Trinajstić information content (AvgIpc) is 2.20. The van der Waals surface area contributed by atoms with Crippen molar-refractivity contribution in [1.29, 1.82) is 0 Å². The summed E-state index contributed by atoms with van der Waals surface area (Å²) >= 11 is 0. The third kappa shape index (κ3) is 3.85. The van der Waals surface area contributed by atoms with Crippen LogP contribution in [-0.4, -0.2) is 23.8 Å². The van der Waals surface area contributed by atoms with Crippen molar-refractivity contribution in [2.45, 2.75) is 26.3 Å². The molecule has 1 rings (SSSR count). The third-order valence-corrected chi connectivity index (χ3v) is 1.73. The Morgan fingerprint density at radius 2 is 2.11 bits per heavy atom. The fourth-order valence-corrected chi connectivity index (χ4v) is 1.24. The van der Waals surface area contributed by atoms with Crippen molar-refractivity contribution < 1.29 is 0 Å². The molecular formula is C6H17N2P. The molecule has 0 bridgehead atoms. The van der Waals surface area contributed by atoms with Crippen LogP contribution in [0.25, 0.3) is 0 Å². The molecule has 0 spiro atoms. The van der Waals surface area contributed by atoms with Crippen molar-refractivity contribution in [3.63, 3.8) is 0 Å². The summed E-state index contributed by atoms with van der Waals surface area (Å²) in [5.74, 6) is 0. The molecule has 9 heavy (non-hydrogen) atoms. The monoisotopic (exact) mass is 148 g/mol. The summed E-state index contributed by atoms with van der Waals surface area (Å²) in [7, 11) is 2.65. The molecule has 2 unspecified atom stereocenters. The van der Waals surface area contributed by atoms with Crippen molar-refractivity contribution in [1.82, 2.24) is 4.67 Å². The van der Waals surface area contributed by atoms with E-state index in [1.54, 1.807) is 0 Å². The molecule has 1 saturated heterocycles. The van der Waals surface area contributed by atoms with Crippen LogP contribution in [0.3, 0.4) is 0 Å². The first kappa shape index (κ1) is 9.35. The maximum Gasteiger partial charge on any atom is 0.0183 e. The maximum atomic E-state index is 5.57. The standard InChI is InChI=1S/C4H11N2P.C2H6/c5-4-1-2-6(7)3-4;1-2/h4H,1-3,5,7H2;1-2H3. The van der Waals surface area contributed by atoms with Crippen LogP contribution in [-0.2, 0) is 0 Å². The van der Waals surface area contributed by atoms with E-state index in [2.05, 4.69) is 14.1 Å². The summed E-state index contributed by atoms with van der Waals surface area (Å²) in [6.07, 6.45) is 1.16. The lowest BCUT2D eigenvalue weighted by Gasteiger charge is -2.03. The topological polar surface area (TPSA) is 29.3 Å². The highest BCUT2D eigenvalue weighted by molar-refractivity contribution is 7.13. The van der Waals surface area contributed by atoms with Gasteiger partial charge in [-0.25, -0.2) is 0 Å². The molecule has 1 aliphatic rings. The van der Waals surface area contributed by atoms with Crippen LogP contribution in [0, 0.1) is 0 Å². The van der Waals surface area contributed by atoms with Gasteiger partial charge in [0.05, 0.1) is 0 Å². The summed E-state index contributed by atoms with van der Waals surface area (Å²) in [4.78, 5) is 0.